The third kappa shape index (κ3) is 2.21. The first-order chi connectivity index (χ1) is 9.30. The number of aromatic carboxylic acids is 1. The highest BCUT2D eigenvalue weighted by molar-refractivity contribution is 7.89. The van der Waals surface area contributed by atoms with Crippen molar-refractivity contribution in [2.75, 3.05) is 13.2 Å². The third-order valence-corrected chi connectivity index (χ3v) is 5.77. The Kier molecular flexibility index (Phi) is 3.85. The van der Waals surface area contributed by atoms with E-state index in [1.165, 1.54) is 11.2 Å². The molecule has 1 aliphatic rings. The minimum atomic E-state index is -4.00. The van der Waals surface area contributed by atoms with Crippen LogP contribution in [0.15, 0.2) is 4.90 Å². The predicted octanol–water partition coefficient (Wildman–Crippen LogP) is -0.192. The van der Waals surface area contributed by atoms with E-state index in [0.29, 0.717) is 6.42 Å². The Morgan fingerprint density at radius 1 is 1.55 bits per heavy atom. The summed E-state index contributed by atoms with van der Waals surface area (Å²) in [5, 5.41) is 24.3. The molecule has 0 bridgehead atoms. The van der Waals surface area contributed by atoms with Gasteiger partial charge in [-0.1, -0.05) is 6.92 Å². The summed E-state index contributed by atoms with van der Waals surface area (Å²) in [7, 11) is -4.00. The maximum atomic E-state index is 12.6. The SMILES string of the molecule is Cc1[nH]nc(C(=O)O)c1S(=O)(=O)N1CCC(C)C1CO. The first kappa shape index (κ1) is 14.9. The summed E-state index contributed by atoms with van der Waals surface area (Å²) < 4.78 is 26.5. The first-order valence-corrected chi connectivity index (χ1v) is 7.65. The average molecular weight is 303 g/mol. The maximum absolute atomic E-state index is 12.6. The van der Waals surface area contributed by atoms with E-state index in [0.717, 1.165) is 0 Å². The number of aliphatic hydroxyl groups is 1. The maximum Gasteiger partial charge on any atom is 0.357 e. The van der Waals surface area contributed by atoms with Crippen LogP contribution in [0.1, 0.15) is 29.5 Å². The summed E-state index contributed by atoms with van der Waals surface area (Å²) in [6, 6.07) is -0.532. The smallest absolute Gasteiger partial charge is 0.357 e. The number of carbonyl (C=O) groups is 1. The molecule has 9 heteroatoms. The van der Waals surface area contributed by atoms with Gasteiger partial charge < -0.3 is 10.2 Å². The zero-order valence-electron chi connectivity index (χ0n) is 11.2. The number of carboxylic acid groups (broad SMARTS) is 1. The lowest BCUT2D eigenvalue weighted by Gasteiger charge is -2.24. The van der Waals surface area contributed by atoms with Crippen molar-refractivity contribution < 1.29 is 23.4 Å². The molecule has 2 atom stereocenters. The molecule has 20 heavy (non-hydrogen) atoms. The molecule has 1 saturated heterocycles. The lowest BCUT2D eigenvalue weighted by atomic mass is 10.0. The average Bonchev–Trinajstić information content (AvgIpc) is 2.92. The predicted molar refractivity (Wildman–Crippen MR) is 68.8 cm³/mol. The number of aromatic amines is 1. The zero-order valence-corrected chi connectivity index (χ0v) is 12.0. The van der Waals surface area contributed by atoms with E-state index < -0.39 is 27.7 Å². The number of nitrogens with one attached hydrogen (secondary N) is 1. The van der Waals surface area contributed by atoms with Crippen molar-refractivity contribution in [3.05, 3.63) is 11.4 Å². The molecular formula is C11H17N3O5S. The number of rotatable bonds is 4. The van der Waals surface area contributed by atoms with Crippen LogP contribution in [0, 0.1) is 12.8 Å². The molecule has 1 fully saturated rings. The number of aromatic nitrogens is 2. The van der Waals surface area contributed by atoms with Crippen LogP contribution in [-0.4, -0.2) is 58.3 Å². The van der Waals surface area contributed by atoms with Crippen molar-refractivity contribution in [3.8, 4) is 0 Å². The molecule has 0 radical (unpaired) electrons. The van der Waals surface area contributed by atoms with Gasteiger partial charge in [-0.25, -0.2) is 13.2 Å². The summed E-state index contributed by atoms with van der Waals surface area (Å²) in [5.41, 5.74) is -0.336. The Morgan fingerprint density at radius 3 is 2.75 bits per heavy atom. The Labute approximate surface area is 116 Å². The largest absolute Gasteiger partial charge is 0.476 e. The van der Waals surface area contributed by atoms with Gasteiger partial charge in [-0.3, -0.25) is 5.10 Å². The monoisotopic (exact) mass is 303 g/mol. The number of aliphatic hydroxyl groups excluding tert-OH is 1. The molecule has 0 saturated carbocycles. The number of sulfonamides is 1. The third-order valence-electron chi connectivity index (χ3n) is 3.68. The summed E-state index contributed by atoms with van der Waals surface area (Å²) >= 11 is 0. The molecule has 8 nitrogen and oxygen atoms in total. The number of nitrogens with zero attached hydrogens (tertiary/aromatic N) is 2. The summed E-state index contributed by atoms with van der Waals surface area (Å²) in [4.78, 5) is 10.8. The van der Waals surface area contributed by atoms with Crippen molar-refractivity contribution in [1.29, 1.82) is 0 Å². The molecule has 2 heterocycles. The number of carboxylic acids is 1. The van der Waals surface area contributed by atoms with Crippen molar-refractivity contribution >= 4 is 16.0 Å². The van der Waals surface area contributed by atoms with Gasteiger partial charge in [-0.2, -0.15) is 9.40 Å². The second-order valence-electron chi connectivity index (χ2n) is 4.96. The van der Waals surface area contributed by atoms with E-state index in [2.05, 4.69) is 10.2 Å². The molecule has 2 rings (SSSR count). The van der Waals surface area contributed by atoms with Crippen LogP contribution in [0.4, 0.5) is 0 Å². The molecule has 1 aromatic heterocycles. The number of hydrogen-bond donors (Lipinski definition) is 3. The van der Waals surface area contributed by atoms with Gasteiger partial charge in [0.2, 0.25) is 10.0 Å². The van der Waals surface area contributed by atoms with E-state index in [1.54, 1.807) is 0 Å². The molecule has 1 aliphatic heterocycles. The molecule has 112 valence electrons. The van der Waals surface area contributed by atoms with E-state index in [4.69, 9.17) is 5.11 Å². The van der Waals surface area contributed by atoms with Gasteiger partial charge in [0, 0.05) is 6.54 Å². The first-order valence-electron chi connectivity index (χ1n) is 6.21. The van der Waals surface area contributed by atoms with Crippen molar-refractivity contribution in [2.24, 2.45) is 5.92 Å². The van der Waals surface area contributed by atoms with Crippen LogP contribution in [0.5, 0.6) is 0 Å². The van der Waals surface area contributed by atoms with Gasteiger partial charge in [0.15, 0.2) is 5.69 Å². The number of hydrogen-bond acceptors (Lipinski definition) is 5. The van der Waals surface area contributed by atoms with Crippen LogP contribution >= 0.6 is 0 Å². The minimum absolute atomic E-state index is 0.0234. The summed E-state index contributed by atoms with van der Waals surface area (Å²) in [6.07, 6.45) is 0.629. The highest BCUT2D eigenvalue weighted by Crippen LogP contribution is 2.31. The molecule has 0 amide bonds. The van der Waals surface area contributed by atoms with E-state index in [9.17, 15) is 18.3 Å². The molecule has 0 aromatic carbocycles. The van der Waals surface area contributed by atoms with Crippen molar-refractivity contribution in [2.45, 2.75) is 31.2 Å². The Balaban J connectivity index is 2.51. The normalized spacial score (nSPS) is 24.1. The van der Waals surface area contributed by atoms with Crippen molar-refractivity contribution in [1.82, 2.24) is 14.5 Å². The Hall–Kier alpha value is -1.45. The zero-order chi connectivity index (χ0) is 15.1. The molecule has 1 aromatic rings. The summed E-state index contributed by atoms with van der Waals surface area (Å²) in [6.45, 7) is 3.29. The van der Waals surface area contributed by atoms with Gasteiger partial charge in [0.05, 0.1) is 18.3 Å². The van der Waals surface area contributed by atoms with Gasteiger partial charge in [-0.05, 0) is 19.3 Å². The highest BCUT2D eigenvalue weighted by Gasteiger charge is 2.42. The van der Waals surface area contributed by atoms with Gasteiger partial charge in [-0.15, -0.1) is 0 Å². The molecule has 3 N–H and O–H groups in total. The number of aryl methyl sites for hydroxylation is 1. The van der Waals surface area contributed by atoms with Crippen LogP contribution in [0.3, 0.4) is 0 Å². The molecule has 2 unspecified atom stereocenters. The Bertz CT molecular complexity index is 624. The molecular weight excluding hydrogens is 286 g/mol. The standard InChI is InChI=1S/C11H17N3O5S/c1-6-3-4-14(8(6)5-15)20(18,19)10-7(2)12-13-9(10)11(16)17/h6,8,15H,3-5H2,1-2H3,(H,12,13)(H,16,17). The minimum Gasteiger partial charge on any atom is -0.476 e. The van der Waals surface area contributed by atoms with E-state index in [-0.39, 0.29) is 29.7 Å². The van der Waals surface area contributed by atoms with Gasteiger partial charge in [0.1, 0.15) is 4.90 Å². The second-order valence-corrected chi connectivity index (χ2v) is 6.79. The van der Waals surface area contributed by atoms with Crippen LogP contribution in [-0.2, 0) is 10.0 Å². The van der Waals surface area contributed by atoms with Crippen LogP contribution in [0.25, 0.3) is 0 Å². The van der Waals surface area contributed by atoms with Crippen molar-refractivity contribution in [3.63, 3.8) is 0 Å². The fourth-order valence-electron chi connectivity index (χ4n) is 2.54. The van der Waals surface area contributed by atoms with Gasteiger partial charge >= 0.3 is 5.97 Å². The molecule has 0 spiro atoms. The van der Waals surface area contributed by atoms with E-state index >= 15 is 0 Å². The number of H-pyrrole nitrogens is 1. The van der Waals surface area contributed by atoms with Crippen LogP contribution in [0.2, 0.25) is 0 Å². The van der Waals surface area contributed by atoms with E-state index in [1.807, 2.05) is 6.92 Å². The Morgan fingerprint density at radius 2 is 2.20 bits per heavy atom. The summed E-state index contributed by atoms with van der Waals surface area (Å²) in [5.74, 6) is -1.38. The topological polar surface area (TPSA) is 124 Å². The quantitative estimate of drug-likeness (QED) is 0.708. The fraction of sp³-hybridized carbons (Fsp3) is 0.636. The van der Waals surface area contributed by atoms with Gasteiger partial charge in [0.25, 0.3) is 0 Å². The lowest BCUT2D eigenvalue weighted by Crippen LogP contribution is -2.40. The fourth-order valence-corrected chi connectivity index (χ4v) is 4.56. The second kappa shape index (κ2) is 5.15. The van der Waals surface area contributed by atoms with Crippen LogP contribution < -0.4 is 0 Å². The lowest BCUT2D eigenvalue weighted by molar-refractivity contribution is 0.0686. The molecule has 0 aliphatic carbocycles. The highest BCUT2D eigenvalue weighted by atomic mass is 32.2.